The van der Waals surface area contributed by atoms with Gasteiger partial charge in [-0.15, -0.1) is 0 Å². The number of carbonyl (C=O) groups excluding carboxylic acids is 2. The molecule has 2 aromatic rings. The SMILES string of the molecule is CCCc1ccc(OCCCC(=O)Nc2ccc(C(=O)OC3CCCCC3)cc2)cc1. The number of esters is 1. The highest BCUT2D eigenvalue weighted by Crippen LogP contribution is 2.22. The second-order valence-electron chi connectivity index (χ2n) is 8.14. The van der Waals surface area contributed by atoms with Gasteiger partial charge in [0.15, 0.2) is 0 Å². The fourth-order valence-corrected chi connectivity index (χ4v) is 3.78. The van der Waals surface area contributed by atoms with Gasteiger partial charge in [0.2, 0.25) is 5.91 Å². The number of amides is 1. The largest absolute Gasteiger partial charge is 0.494 e. The van der Waals surface area contributed by atoms with E-state index in [0.29, 0.717) is 30.7 Å². The Labute approximate surface area is 185 Å². The first-order valence-corrected chi connectivity index (χ1v) is 11.5. The lowest BCUT2D eigenvalue weighted by atomic mass is 9.98. The molecule has 0 heterocycles. The van der Waals surface area contributed by atoms with Crippen LogP contribution in [0.1, 0.15) is 74.2 Å². The first kappa shape index (κ1) is 22.9. The molecule has 0 atom stereocenters. The summed E-state index contributed by atoms with van der Waals surface area (Å²) in [5, 5.41) is 2.86. The number of hydrogen-bond donors (Lipinski definition) is 1. The zero-order valence-corrected chi connectivity index (χ0v) is 18.4. The van der Waals surface area contributed by atoms with Gasteiger partial charge in [-0.05, 0) is 80.5 Å². The van der Waals surface area contributed by atoms with Crippen LogP contribution < -0.4 is 10.1 Å². The number of carbonyl (C=O) groups is 2. The average molecular weight is 424 g/mol. The average Bonchev–Trinajstić information content (AvgIpc) is 2.79. The molecule has 2 aromatic carbocycles. The van der Waals surface area contributed by atoms with Gasteiger partial charge in [0.1, 0.15) is 11.9 Å². The van der Waals surface area contributed by atoms with Crippen molar-refractivity contribution in [2.45, 2.75) is 70.8 Å². The Hall–Kier alpha value is -2.82. The van der Waals surface area contributed by atoms with Crippen LogP contribution in [0.5, 0.6) is 5.75 Å². The maximum Gasteiger partial charge on any atom is 0.338 e. The molecule has 0 spiro atoms. The Morgan fingerprint density at radius 1 is 0.968 bits per heavy atom. The smallest absolute Gasteiger partial charge is 0.338 e. The monoisotopic (exact) mass is 423 g/mol. The standard InChI is InChI=1S/C26H33NO4/c1-2-7-20-11-17-23(18-12-20)30-19-6-10-25(28)27-22-15-13-21(14-16-22)26(29)31-24-8-4-3-5-9-24/h11-18,24H,2-10,19H2,1H3,(H,27,28). The molecule has 0 saturated heterocycles. The van der Waals surface area contributed by atoms with E-state index in [-0.39, 0.29) is 18.0 Å². The molecule has 5 heteroatoms. The van der Waals surface area contributed by atoms with Crippen molar-refractivity contribution in [3.63, 3.8) is 0 Å². The Kier molecular flexibility index (Phi) is 8.95. The van der Waals surface area contributed by atoms with E-state index in [0.717, 1.165) is 44.3 Å². The van der Waals surface area contributed by atoms with Crippen molar-refractivity contribution >= 4 is 17.6 Å². The lowest BCUT2D eigenvalue weighted by molar-refractivity contribution is -0.116. The fourth-order valence-electron chi connectivity index (χ4n) is 3.78. The quantitative estimate of drug-likeness (QED) is 0.380. The van der Waals surface area contributed by atoms with E-state index < -0.39 is 0 Å². The predicted octanol–water partition coefficient (Wildman–Crippen LogP) is 5.93. The number of benzene rings is 2. The summed E-state index contributed by atoms with van der Waals surface area (Å²) in [7, 11) is 0. The molecule has 1 aliphatic rings. The molecule has 1 fully saturated rings. The number of rotatable bonds is 10. The summed E-state index contributed by atoms with van der Waals surface area (Å²) in [4.78, 5) is 24.4. The minimum atomic E-state index is -0.287. The van der Waals surface area contributed by atoms with Crippen molar-refractivity contribution in [1.82, 2.24) is 0 Å². The highest BCUT2D eigenvalue weighted by molar-refractivity contribution is 5.93. The minimum absolute atomic E-state index is 0.0390. The molecule has 1 N–H and O–H groups in total. The number of ether oxygens (including phenoxy) is 2. The molecule has 1 saturated carbocycles. The molecule has 0 bridgehead atoms. The molecule has 0 unspecified atom stereocenters. The lowest BCUT2D eigenvalue weighted by Crippen LogP contribution is -2.21. The van der Waals surface area contributed by atoms with E-state index in [4.69, 9.17) is 9.47 Å². The highest BCUT2D eigenvalue weighted by Gasteiger charge is 2.18. The third-order valence-corrected chi connectivity index (χ3v) is 5.51. The third-order valence-electron chi connectivity index (χ3n) is 5.51. The summed E-state index contributed by atoms with van der Waals surface area (Å²) in [6.45, 7) is 2.66. The van der Waals surface area contributed by atoms with Crippen LogP contribution >= 0.6 is 0 Å². The van der Waals surface area contributed by atoms with Gasteiger partial charge in [-0.1, -0.05) is 31.9 Å². The second kappa shape index (κ2) is 12.1. The van der Waals surface area contributed by atoms with Gasteiger partial charge in [0, 0.05) is 12.1 Å². The highest BCUT2D eigenvalue weighted by atomic mass is 16.5. The maximum absolute atomic E-state index is 12.3. The summed E-state index contributed by atoms with van der Waals surface area (Å²) >= 11 is 0. The van der Waals surface area contributed by atoms with E-state index in [1.54, 1.807) is 24.3 Å². The number of aryl methyl sites for hydroxylation is 1. The topological polar surface area (TPSA) is 64.6 Å². The second-order valence-corrected chi connectivity index (χ2v) is 8.14. The van der Waals surface area contributed by atoms with Crippen molar-refractivity contribution in [2.75, 3.05) is 11.9 Å². The Bertz CT molecular complexity index is 823. The van der Waals surface area contributed by atoms with Crippen LogP contribution in [-0.2, 0) is 16.0 Å². The van der Waals surface area contributed by atoms with Crippen LogP contribution in [0.15, 0.2) is 48.5 Å². The summed E-state index contributed by atoms with van der Waals surface area (Å²) < 4.78 is 11.3. The third kappa shape index (κ3) is 7.74. The first-order valence-electron chi connectivity index (χ1n) is 11.5. The van der Waals surface area contributed by atoms with E-state index >= 15 is 0 Å². The van der Waals surface area contributed by atoms with E-state index in [9.17, 15) is 9.59 Å². The predicted molar refractivity (Wildman–Crippen MR) is 123 cm³/mol. The van der Waals surface area contributed by atoms with Gasteiger partial charge in [-0.25, -0.2) is 4.79 Å². The molecule has 3 rings (SSSR count). The number of hydrogen-bond acceptors (Lipinski definition) is 4. The van der Waals surface area contributed by atoms with Crippen molar-refractivity contribution in [1.29, 1.82) is 0 Å². The van der Waals surface area contributed by atoms with Crippen LogP contribution in [0.25, 0.3) is 0 Å². The van der Waals surface area contributed by atoms with Crippen molar-refractivity contribution < 1.29 is 19.1 Å². The van der Waals surface area contributed by atoms with E-state index in [1.807, 2.05) is 12.1 Å². The Morgan fingerprint density at radius 3 is 2.35 bits per heavy atom. The van der Waals surface area contributed by atoms with Crippen LogP contribution in [-0.4, -0.2) is 24.6 Å². The molecule has 0 radical (unpaired) electrons. The van der Waals surface area contributed by atoms with Crippen molar-refractivity contribution in [2.24, 2.45) is 0 Å². The normalized spacial score (nSPS) is 14.1. The molecular weight excluding hydrogens is 390 g/mol. The number of nitrogens with one attached hydrogen (secondary N) is 1. The molecule has 166 valence electrons. The minimum Gasteiger partial charge on any atom is -0.494 e. The Morgan fingerprint density at radius 2 is 1.68 bits per heavy atom. The molecule has 0 aliphatic heterocycles. The summed E-state index contributed by atoms with van der Waals surface area (Å²) in [6, 6.07) is 15.0. The van der Waals surface area contributed by atoms with Gasteiger partial charge < -0.3 is 14.8 Å². The van der Waals surface area contributed by atoms with Gasteiger partial charge in [-0.2, -0.15) is 0 Å². The van der Waals surface area contributed by atoms with Gasteiger partial charge in [-0.3, -0.25) is 4.79 Å². The van der Waals surface area contributed by atoms with Crippen molar-refractivity contribution in [3.05, 3.63) is 59.7 Å². The van der Waals surface area contributed by atoms with Gasteiger partial charge >= 0.3 is 5.97 Å². The molecule has 1 amide bonds. The van der Waals surface area contributed by atoms with E-state index in [2.05, 4.69) is 24.4 Å². The fraction of sp³-hybridized carbons (Fsp3) is 0.462. The summed E-state index contributed by atoms with van der Waals surface area (Å²) in [6.07, 6.45) is 8.62. The lowest BCUT2D eigenvalue weighted by Gasteiger charge is -2.21. The van der Waals surface area contributed by atoms with Gasteiger partial charge in [0.05, 0.1) is 12.2 Å². The van der Waals surface area contributed by atoms with Crippen LogP contribution in [0.2, 0.25) is 0 Å². The van der Waals surface area contributed by atoms with Crippen molar-refractivity contribution in [3.8, 4) is 5.75 Å². The van der Waals surface area contributed by atoms with Gasteiger partial charge in [0.25, 0.3) is 0 Å². The zero-order valence-electron chi connectivity index (χ0n) is 18.4. The number of anilines is 1. The summed E-state index contributed by atoms with van der Waals surface area (Å²) in [5.74, 6) is 0.472. The molecule has 0 aromatic heterocycles. The zero-order chi connectivity index (χ0) is 21.9. The van der Waals surface area contributed by atoms with Crippen LogP contribution in [0, 0.1) is 0 Å². The maximum atomic E-state index is 12.3. The molecule has 31 heavy (non-hydrogen) atoms. The van der Waals surface area contributed by atoms with Crippen LogP contribution in [0.3, 0.4) is 0 Å². The molecule has 5 nitrogen and oxygen atoms in total. The first-order chi connectivity index (χ1) is 15.1. The Balaban J connectivity index is 1.35. The summed E-state index contributed by atoms with van der Waals surface area (Å²) in [5.41, 5.74) is 2.50. The van der Waals surface area contributed by atoms with E-state index in [1.165, 1.54) is 12.0 Å². The molecule has 1 aliphatic carbocycles. The van der Waals surface area contributed by atoms with Crippen LogP contribution in [0.4, 0.5) is 5.69 Å². The molecular formula is C26H33NO4.